The van der Waals surface area contributed by atoms with Crippen LogP contribution in [0.1, 0.15) is 18.2 Å². The van der Waals surface area contributed by atoms with Crippen LogP contribution in [-0.2, 0) is 13.0 Å². The summed E-state index contributed by atoms with van der Waals surface area (Å²) >= 11 is 6.25. The first-order valence-electron chi connectivity index (χ1n) is 8.07. The summed E-state index contributed by atoms with van der Waals surface area (Å²) in [5.74, 6) is 1.50. The van der Waals surface area contributed by atoms with Gasteiger partial charge in [0.05, 0.1) is 25.3 Å². The van der Waals surface area contributed by atoms with Gasteiger partial charge in [-0.15, -0.1) is 24.0 Å². The summed E-state index contributed by atoms with van der Waals surface area (Å²) in [5, 5.41) is 3.57. The molecule has 2 aromatic rings. The van der Waals surface area contributed by atoms with Gasteiger partial charge in [-0.3, -0.25) is 4.98 Å². The minimum Gasteiger partial charge on any atom is -0.493 e. The minimum absolute atomic E-state index is 0. The summed E-state index contributed by atoms with van der Waals surface area (Å²) in [6, 6.07) is 9.48. The second-order valence-corrected chi connectivity index (χ2v) is 5.65. The van der Waals surface area contributed by atoms with Gasteiger partial charge in [-0.2, -0.15) is 0 Å². The Labute approximate surface area is 176 Å². The average Bonchev–Trinajstić information content (AvgIpc) is 2.62. The van der Waals surface area contributed by atoms with Crippen LogP contribution in [0.15, 0.2) is 41.5 Å². The van der Waals surface area contributed by atoms with Gasteiger partial charge in [0.15, 0.2) is 17.5 Å². The van der Waals surface area contributed by atoms with E-state index >= 15 is 0 Å². The predicted molar refractivity (Wildman–Crippen MR) is 116 cm³/mol. The molecule has 2 rings (SSSR count). The Balaban J connectivity index is 0.00000338. The molecule has 0 atom stereocenters. The monoisotopic (exact) mass is 490 g/mol. The van der Waals surface area contributed by atoms with E-state index in [0.29, 0.717) is 42.2 Å². The number of hydrogen-bond acceptors (Lipinski definition) is 4. The SMILES string of the molecule is CCOc1c(Cl)cc(CN=C(N)NCCc2ccccn2)cc1OC.I. The van der Waals surface area contributed by atoms with Gasteiger partial charge in [0.2, 0.25) is 0 Å². The van der Waals surface area contributed by atoms with Crippen LogP contribution < -0.4 is 20.5 Å². The molecule has 0 unspecified atom stereocenters. The van der Waals surface area contributed by atoms with E-state index in [4.69, 9.17) is 26.8 Å². The quantitative estimate of drug-likeness (QED) is 0.337. The molecule has 8 heteroatoms. The van der Waals surface area contributed by atoms with Crippen molar-refractivity contribution in [3.8, 4) is 11.5 Å². The van der Waals surface area contributed by atoms with Gasteiger partial charge in [-0.25, -0.2) is 4.99 Å². The van der Waals surface area contributed by atoms with Crippen LogP contribution in [0.4, 0.5) is 0 Å². The van der Waals surface area contributed by atoms with E-state index in [9.17, 15) is 0 Å². The van der Waals surface area contributed by atoms with Crippen LogP contribution >= 0.6 is 35.6 Å². The van der Waals surface area contributed by atoms with Gasteiger partial charge in [-0.1, -0.05) is 17.7 Å². The zero-order chi connectivity index (χ0) is 18.1. The van der Waals surface area contributed by atoms with Crippen LogP contribution in [0.2, 0.25) is 5.02 Å². The number of halogens is 2. The van der Waals surface area contributed by atoms with E-state index in [0.717, 1.165) is 17.7 Å². The number of benzene rings is 1. The number of guanidine groups is 1. The fourth-order valence-corrected chi connectivity index (χ4v) is 2.53. The third-order valence-electron chi connectivity index (χ3n) is 3.42. The smallest absolute Gasteiger partial charge is 0.188 e. The molecule has 0 fully saturated rings. The molecule has 1 aromatic carbocycles. The Bertz CT molecular complexity index is 714. The molecule has 0 aliphatic heterocycles. The zero-order valence-electron chi connectivity index (χ0n) is 14.9. The van der Waals surface area contributed by atoms with E-state index in [1.165, 1.54) is 0 Å². The van der Waals surface area contributed by atoms with Crippen LogP contribution in [0.5, 0.6) is 11.5 Å². The third-order valence-corrected chi connectivity index (χ3v) is 3.70. The fraction of sp³-hybridized carbons (Fsp3) is 0.333. The number of nitrogens with zero attached hydrogens (tertiary/aromatic N) is 2. The Morgan fingerprint density at radius 1 is 1.35 bits per heavy atom. The maximum Gasteiger partial charge on any atom is 0.188 e. The van der Waals surface area contributed by atoms with Crippen molar-refractivity contribution in [2.45, 2.75) is 19.9 Å². The Morgan fingerprint density at radius 3 is 2.81 bits per heavy atom. The number of methoxy groups -OCH3 is 1. The number of nitrogens with one attached hydrogen (secondary N) is 1. The lowest BCUT2D eigenvalue weighted by atomic mass is 10.2. The predicted octanol–water partition coefficient (Wildman–Crippen LogP) is 3.41. The summed E-state index contributed by atoms with van der Waals surface area (Å²) in [4.78, 5) is 8.59. The summed E-state index contributed by atoms with van der Waals surface area (Å²) < 4.78 is 10.8. The average molecular weight is 491 g/mol. The van der Waals surface area contributed by atoms with Crippen molar-refractivity contribution in [2.75, 3.05) is 20.3 Å². The highest BCUT2D eigenvalue weighted by molar-refractivity contribution is 14.0. The maximum absolute atomic E-state index is 6.25. The lowest BCUT2D eigenvalue weighted by Crippen LogP contribution is -2.33. The Morgan fingerprint density at radius 2 is 2.15 bits per heavy atom. The first-order valence-corrected chi connectivity index (χ1v) is 8.44. The molecule has 0 saturated carbocycles. The normalized spacial score (nSPS) is 10.8. The Kier molecular flexibility index (Phi) is 10.1. The number of rotatable bonds is 8. The number of ether oxygens (including phenoxy) is 2. The van der Waals surface area contributed by atoms with Gasteiger partial charge in [0, 0.05) is 24.9 Å². The number of nitrogens with two attached hydrogens (primary N) is 1. The van der Waals surface area contributed by atoms with Crippen molar-refractivity contribution >= 4 is 41.5 Å². The maximum atomic E-state index is 6.25. The second-order valence-electron chi connectivity index (χ2n) is 5.24. The molecule has 0 radical (unpaired) electrons. The van der Waals surface area contributed by atoms with Crippen molar-refractivity contribution in [2.24, 2.45) is 10.7 Å². The van der Waals surface area contributed by atoms with Gasteiger partial charge in [0.1, 0.15) is 0 Å². The highest BCUT2D eigenvalue weighted by Crippen LogP contribution is 2.36. The van der Waals surface area contributed by atoms with Gasteiger partial charge >= 0.3 is 0 Å². The van der Waals surface area contributed by atoms with Crippen LogP contribution in [-0.4, -0.2) is 31.2 Å². The summed E-state index contributed by atoms with van der Waals surface area (Å²) in [5.41, 5.74) is 7.80. The molecular weight excluding hydrogens is 467 g/mol. The van der Waals surface area contributed by atoms with Crippen molar-refractivity contribution in [3.05, 3.63) is 52.8 Å². The molecule has 0 aliphatic carbocycles. The van der Waals surface area contributed by atoms with Crippen molar-refractivity contribution in [1.29, 1.82) is 0 Å². The molecule has 0 spiro atoms. The van der Waals surface area contributed by atoms with Crippen molar-refractivity contribution < 1.29 is 9.47 Å². The van der Waals surface area contributed by atoms with Crippen LogP contribution in [0, 0.1) is 0 Å². The summed E-state index contributed by atoms with van der Waals surface area (Å²) in [6.07, 6.45) is 2.55. The van der Waals surface area contributed by atoms with E-state index in [1.807, 2.05) is 31.2 Å². The van der Waals surface area contributed by atoms with Crippen LogP contribution in [0.25, 0.3) is 0 Å². The summed E-state index contributed by atoms with van der Waals surface area (Å²) in [6.45, 7) is 3.47. The van der Waals surface area contributed by atoms with Crippen molar-refractivity contribution in [1.82, 2.24) is 10.3 Å². The molecule has 0 amide bonds. The van der Waals surface area contributed by atoms with Crippen LogP contribution in [0.3, 0.4) is 0 Å². The largest absolute Gasteiger partial charge is 0.493 e. The molecule has 0 aliphatic rings. The summed E-state index contributed by atoms with van der Waals surface area (Å²) in [7, 11) is 1.58. The molecular formula is C18H24ClIN4O2. The lowest BCUT2D eigenvalue weighted by Gasteiger charge is -2.12. The Hall–Kier alpha value is -1.74. The number of aliphatic imine (C=N–C) groups is 1. The molecule has 1 aromatic heterocycles. The molecule has 0 bridgehead atoms. The number of hydrogen-bond donors (Lipinski definition) is 2. The first-order chi connectivity index (χ1) is 12.1. The molecule has 1 heterocycles. The molecule has 0 saturated heterocycles. The van der Waals surface area contributed by atoms with E-state index in [-0.39, 0.29) is 24.0 Å². The van der Waals surface area contributed by atoms with Gasteiger partial charge in [0.25, 0.3) is 0 Å². The topological polar surface area (TPSA) is 81.8 Å². The molecule has 26 heavy (non-hydrogen) atoms. The lowest BCUT2D eigenvalue weighted by molar-refractivity contribution is 0.311. The zero-order valence-corrected chi connectivity index (χ0v) is 18.0. The van der Waals surface area contributed by atoms with Gasteiger partial charge < -0.3 is 20.5 Å². The standard InChI is InChI=1S/C18H23ClN4O2.HI/c1-3-25-17-15(19)10-13(11-16(17)24-2)12-23-18(20)22-9-7-14-6-4-5-8-21-14;/h4-6,8,10-11H,3,7,9,12H2,1-2H3,(H3,20,22,23);1H. The number of pyridine rings is 1. The molecule has 6 nitrogen and oxygen atoms in total. The molecule has 142 valence electrons. The highest BCUT2D eigenvalue weighted by Gasteiger charge is 2.11. The van der Waals surface area contributed by atoms with E-state index in [1.54, 1.807) is 19.4 Å². The van der Waals surface area contributed by atoms with Gasteiger partial charge in [-0.05, 0) is 36.8 Å². The number of aromatic nitrogens is 1. The first kappa shape index (κ1) is 22.3. The van der Waals surface area contributed by atoms with E-state index < -0.39 is 0 Å². The fourth-order valence-electron chi connectivity index (χ4n) is 2.25. The second kappa shape index (κ2) is 11.8. The minimum atomic E-state index is 0. The van der Waals surface area contributed by atoms with E-state index in [2.05, 4.69) is 15.3 Å². The molecule has 3 N–H and O–H groups in total. The highest BCUT2D eigenvalue weighted by atomic mass is 127. The third kappa shape index (κ3) is 6.87. The van der Waals surface area contributed by atoms with Crippen molar-refractivity contribution in [3.63, 3.8) is 0 Å².